The predicted molar refractivity (Wildman–Crippen MR) is 104 cm³/mol. The van der Waals surface area contributed by atoms with Crippen molar-refractivity contribution in [1.29, 1.82) is 0 Å². The second kappa shape index (κ2) is 9.42. The molecular weight excluding hydrogens is 314 g/mol. The van der Waals surface area contributed by atoms with E-state index in [9.17, 15) is 4.79 Å². The van der Waals surface area contributed by atoms with Crippen LogP contribution in [0.2, 0.25) is 0 Å². The van der Waals surface area contributed by atoms with Gasteiger partial charge in [-0.3, -0.25) is 9.79 Å². The maximum atomic E-state index is 11.9. The van der Waals surface area contributed by atoms with Crippen molar-refractivity contribution in [3.8, 4) is 0 Å². The predicted octanol–water partition coefficient (Wildman–Crippen LogP) is 2.01. The summed E-state index contributed by atoms with van der Waals surface area (Å²) in [5.41, 5.74) is 2.08. The van der Waals surface area contributed by atoms with Crippen LogP contribution in [-0.4, -0.2) is 56.0 Å². The molecule has 1 aromatic carbocycles. The number of hydrogen-bond donors (Lipinski definition) is 3. The summed E-state index contributed by atoms with van der Waals surface area (Å²) in [5.74, 6) is 0.997. The number of nitrogens with one attached hydrogen (secondary N) is 3. The number of likely N-dealkylation sites (N-methyl/N-ethyl adjacent to an activating group) is 1. The molecule has 0 aromatic heterocycles. The molecule has 1 unspecified atom stereocenters. The zero-order valence-corrected chi connectivity index (χ0v) is 15.8. The van der Waals surface area contributed by atoms with E-state index in [2.05, 4.69) is 54.7 Å². The molecule has 6 nitrogen and oxygen atoms in total. The highest BCUT2D eigenvalue weighted by atomic mass is 16.1. The molecule has 2 rings (SSSR count). The first-order chi connectivity index (χ1) is 12.0. The number of nitrogens with zero attached hydrogens (tertiary/aromatic N) is 2. The summed E-state index contributed by atoms with van der Waals surface area (Å²) in [4.78, 5) is 18.9. The fourth-order valence-corrected chi connectivity index (χ4v) is 2.82. The topological polar surface area (TPSA) is 68.8 Å². The molecule has 1 amide bonds. The first-order valence-electron chi connectivity index (χ1n) is 9.12. The summed E-state index contributed by atoms with van der Waals surface area (Å²) in [5, 5.41) is 9.59. The lowest BCUT2D eigenvalue weighted by molar-refractivity contribution is -0.116. The van der Waals surface area contributed by atoms with Crippen molar-refractivity contribution in [2.24, 2.45) is 4.99 Å². The largest absolute Gasteiger partial charge is 0.357 e. The number of carbonyl (C=O) groups excluding carboxylic acids is 1. The van der Waals surface area contributed by atoms with Gasteiger partial charge in [0, 0.05) is 43.7 Å². The van der Waals surface area contributed by atoms with Gasteiger partial charge in [-0.15, -0.1) is 0 Å². The number of hydrogen-bond acceptors (Lipinski definition) is 3. The Kier molecular flexibility index (Phi) is 7.25. The second-order valence-electron chi connectivity index (χ2n) is 6.76. The van der Waals surface area contributed by atoms with Gasteiger partial charge in [0.1, 0.15) is 0 Å². The summed E-state index contributed by atoms with van der Waals surface area (Å²) in [7, 11) is 2.12. The molecule has 0 radical (unpaired) electrons. The van der Waals surface area contributed by atoms with Gasteiger partial charge in [0.15, 0.2) is 5.96 Å². The number of aliphatic imine (C=N–C) groups is 1. The lowest BCUT2D eigenvalue weighted by Gasteiger charge is -2.25. The molecular formula is C19H31N5O. The van der Waals surface area contributed by atoms with Gasteiger partial charge in [0.05, 0.1) is 6.54 Å². The molecule has 0 saturated heterocycles. The molecule has 0 spiro atoms. The van der Waals surface area contributed by atoms with Crippen LogP contribution in [0.3, 0.4) is 0 Å². The Morgan fingerprint density at radius 3 is 2.84 bits per heavy atom. The van der Waals surface area contributed by atoms with Crippen molar-refractivity contribution in [3.63, 3.8) is 0 Å². The van der Waals surface area contributed by atoms with Crippen LogP contribution < -0.4 is 16.0 Å². The van der Waals surface area contributed by atoms with Gasteiger partial charge in [-0.05, 0) is 39.4 Å². The number of benzene rings is 1. The molecule has 1 aromatic rings. The zero-order chi connectivity index (χ0) is 18.2. The molecule has 0 saturated carbocycles. The minimum absolute atomic E-state index is 0.0652. The Bertz CT molecular complexity index is 599. The average Bonchev–Trinajstić information content (AvgIpc) is 2.58. The lowest BCUT2D eigenvalue weighted by atomic mass is 9.91. The van der Waals surface area contributed by atoms with Crippen LogP contribution in [0.25, 0.3) is 0 Å². The highest BCUT2D eigenvalue weighted by molar-refractivity contribution is 5.94. The number of fused-ring (bicyclic) bond motifs is 1. The molecule has 6 heteroatoms. The number of carbonyl (C=O) groups is 1. The lowest BCUT2D eigenvalue weighted by Crippen LogP contribution is -2.42. The highest BCUT2D eigenvalue weighted by Gasteiger charge is 2.24. The van der Waals surface area contributed by atoms with Crippen LogP contribution in [0.1, 0.15) is 38.7 Å². The minimum atomic E-state index is 0.0652. The van der Waals surface area contributed by atoms with Gasteiger partial charge < -0.3 is 20.9 Å². The standard InChI is InChI=1S/C19H31N5O/c1-5-20-19(21-10-11-24(4)14(2)3)22-13-15-12-18(25)23-17-9-7-6-8-16(15)17/h6-9,14-15H,5,10-13H2,1-4H3,(H,23,25)(H2,20,21,22). The van der Waals surface area contributed by atoms with Crippen molar-refractivity contribution in [2.75, 3.05) is 38.5 Å². The van der Waals surface area contributed by atoms with Crippen LogP contribution in [0.5, 0.6) is 0 Å². The Morgan fingerprint density at radius 2 is 2.12 bits per heavy atom. The summed E-state index contributed by atoms with van der Waals surface area (Å²) in [6.07, 6.45) is 0.482. The minimum Gasteiger partial charge on any atom is -0.357 e. The molecule has 0 fully saturated rings. The number of guanidine groups is 1. The smallest absolute Gasteiger partial charge is 0.225 e. The van der Waals surface area contributed by atoms with E-state index in [4.69, 9.17) is 4.99 Å². The van der Waals surface area contributed by atoms with E-state index in [0.29, 0.717) is 19.0 Å². The van der Waals surface area contributed by atoms with Crippen LogP contribution >= 0.6 is 0 Å². The average molecular weight is 345 g/mol. The van der Waals surface area contributed by atoms with Gasteiger partial charge in [-0.25, -0.2) is 0 Å². The summed E-state index contributed by atoms with van der Waals surface area (Å²) >= 11 is 0. The summed E-state index contributed by atoms with van der Waals surface area (Å²) in [6, 6.07) is 8.51. The SMILES string of the molecule is CCNC(=NCC1CC(=O)Nc2ccccc21)NCCN(C)C(C)C. The van der Waals surface area contributed by atoms with Crippen LogP contribution in [0, 0.1) is 0 Å². The molecule has 0 aliphatic carbocycles. The first kappa shape index (κ1) is 19.2. The van der Waals surface area contributed by atoms with Crippen LogP contribution in [-0.2, 0) is 4.79 Å². The molecule has 25 heavy (non-hydrogen) atoms. The Balaban J connectivity index is 1.97. The van der Waals surface area contributed by atoms with E-state index in [1.807, 2.05) is 18.2 Å². The van der Waals surface area contributed by atoms with E-state index in [-0.39, 0.29) is 11.8 Å². The fourth-order valence-electron chi connectivity index (χ4n) is 2.82. The molecule has 1 atom stereocenters. The van der Waals surface area contributed by atoms with Crippen molar-refractivity contribution in [3.05, 3.63) is 29.8 Å². The summed E-state index contributed by atoms with van der Waals surface area (Å²) in [6.45, 7) is 9.63. The molecule has 1 aliphatic rings. The van der Waals surface area contributed by atoms with Gasteiger partial charge in [0.25, 0.3) is 0 Å². The molecule has 3 N–H and O–H groups in total. The maximum Gasteiger partial charge on any atom is 0.225 e. The third-order valence-corrected chi connectivity index (χ3v) is 4.56. The van der Waals surface area contributed by atoms with E-state index in [0.717, 1.165) is 31.3 Å². The number of para-hydroxylation sites is 1. The van der Waals surface area contributed by atoms with Crippen molar-refractivity contribution < 1.29 is 4.79 Å². The monoisotopic (exact) mass is 345 g/mol. The number of rotatable bonds is 7. The van der Waals surface area contributed by atoms with Gasteiger partial charge in [-0.1, -0.05) is 18.2 Å². The van der Waals surface area contributed by atoms with Crippen LogP contribution in [0.4, 0.5) is 5.69 Å². The van der Waals surface area contributed by atoms with Gasteiger partial charge >= 0.3 is 0 Å². The summed E-state index contributed by atoms with van der Waals surface area (Å²) < 4.78 is 0. The molecule has 1 heterocycles. The van der Waals surface area contributed by atoms with E-state index in [1.54, 1.807) is 0 Å². The number of anilines is 1. The highest BCUT2D eigenvalue weighted by Crippen LogP contribution is 2.31. The molecule has 1 aliphatic heterocycles. The third-order valence-electron chi connectivity index (χ3n) is 4.56. The third kappa shape index (κ3) is 5.74. The molecule has 0 bridgehead atoms. The van der Waals surface area contributed by atoms with E-state index >= 15 is 0 Å². The van der Waals surface area contributed by atoms with E-state index < -0.39 is 0 Å². The fraction of sp³-hybridized carbons (Fsp3) is 0.579. The van der Waals surface area contributed by atoms with Gasteiger partial charge in [-0.2, -0.15) is 0 Å². The van der Waals surface area contributed by atoms with Crippen molar-refractivity contribution in [1.82, 2.24) is 15.5 Å². The Morgan fingerprint density at radius 1 is 1.36 bits per heavy atom. The van der Waals surface area contributed by atoms with Crippen LogP contribution in [0.15, 0.2) is 29.3 Å². The normalized spacial score (nSPS) is 17.4. The Labute approximate surface area is 151 Å². The molecule has 138 valence electrons. The first-order valence-corrected chi connectivity index (χ1v) is 9.12. The Hall–Kier alpha value is -2.08. The zero-order valence-electron chi connectivity index (χ0n) is 15.8. The van der Waals surface area contributed by atoms with Crippen molar-refractivity contribution >= 4 is 17.6 Å². The quantitative estimate of drug-likeness (QED) is 0.522. The second-order valence-corrected chi connectivity index (χ2v) is 6.76. The number of amides is 1. The van der Waals surface area contributed by atoms with E-state index in [1.165, 1.54) is 5.56 Å². The maximum absolute atomic E-state index is 11.9. The van der Waals surface area contributed by atoms with Gasteiger partial charge in [0.2, 0.25) is 5.91 Å². The van der Waals surface area contributed by atoms with Crippen molar-refractivity contribution in [2.45, 2.75) is 39.2 Å².